The second-order valence-corrected chi connectivity index (χ2v) is 8.45. The molecule has 0 aliphatic carbocycles. The van der Waals surface area contributed by atoms with Crippen LogP contribution in [0.3, 0.4) is 0 Å². The number of hydrogen-bond acceptors (Lipinski definition) is 6. The van der Waals surface area contributed by atoms with E-state index in [9.17, 15) is 13.2 Å². The highest BCUT2D eigenvalue weighted by Crippen LogP contribution is 2.34. The lowest BCUT2D eigenvalue weighted by Crippen LogP contribution is -2.33. The Morgan fingerprint density at radius 1 is 1.12 bits per heavy atom. The average Bonchev–Trinajstić information content (AvgIpc) is 3.24. The minimum absolute atomic E-state index is 0.0184. The van der Waals surface area contributed by atoms with Crippen LogP contribution in [0.25, 0.3) is 10.9 Å². The Morgan fingerprint density at radius 3 is 2.73 bits per heavy atom. The van der Waals surface area contributed by atoms with Crippen LogP contribution in [0.1, 0.15) is 38.2 Å². The van der Waals surface area contributed by atoms with Gasteiger partial charge in [0.15, 0.2) is 0 Å². The summed E-state index contributed by atoms with van der Waals surface area (Å²) in [5, 5.41) is 7.47. The minimum atomic E-state index is -4.49. The van der Waals surface area contributed by atoms with E-state index >= 15 is 0 Å². The maximum absolute atomic E-state index is 13.2. The first-order valence-electron chi connectivity index (χ1n) is 11.3. The molecular weight excluding hydrogens is 429 g/mol. The van der Waals surface area contributed by atoms with Crippen LogP contribution >= 0.6 is 0 Å². The van der Waals surface area contributed by atoms with Gasteiger partial charge in [0.25, 0.3) is 0 Å². The molecule has 0 radical (unpaired) electrons. The van der Waals surface area contributed by atoms with Crippen LogP contribution in [0, 0.1) is 0 Å². The number of halogens is 3. The Balaban J connectivity index is 1.59. The van der Waals surface area contributed by atoms with Crippen molar-refractivity contribution in [3.05, 3.63) is 48.0 Å². The third-order valence-corrected chi connectivity index (χ3v) is 5.82. The molecule has 1 fully saturated rings. The van der Waals surface area contributed by atoms with Crippen LogP contribution < -0.4 is 21.3 Å². The minimum Gasteiger partial charge on any atom is -0.399 e. The highest BCUT2D eigenvalue weighted by molar-refractivity contribution is 5.91. The second kappa shape index (κ2) is 9.82. The molecular formula is C24H29F3N6. The molecule has 33 heavy (non-hydrogen) atoms. The molecule has 3 aromatic rings. The van der Waals surface area contributed by atoms with Gasteiger partial charge in [0.05, 0.1) is 11.1 Å². The molecule has 1 aromatic heterocycles. The normalized spacial score (nSPS) is 16.5. The van der Waals surface area contributed by atoms with Gasteiger partial charge in [-0.3, -0.25) is 0 Å². The molecule has 1 unspecified atom stereocenters. The Bertz CT molecular complexity index is 1100. The summed E-state index contributed by atoms with van der Waals surface area (Å²) in [7, 11) is 0. The van der Waals surface area contributed by atoms with E-state index in [1.54, 1.807) is 0 Å². The van der Waals surface area contributed by atoms with Crippen molar-refractivity contribution in [2.75, 3.05) is 35.6 Å². The zero-order chi connectivity index (χ0) is 23.4. The van der Waals surface area contributed by atoms with Gasteiger partial charge in [-0.05, 0) is 49.7 Å². The van der Waals surface area contributed by atoms with E-state index in [-0.39, 0.29) is 17.3 Å². The molecule has 2 aromatic carbocycles. The number of rotatable bonds is 8. The molecule has 9 heteroatoms. The van der Waals surface area contributed by atoms with Crippen molar-refractivity contribution in [1.29, 1.82) is 0 Å². The van der Waals surface area contributed by atoms with E-state index in [0.29, 0.717) is 6.04 Å². The Morgan fingerprint density at radius 2 is 1.94 bits per heavy atom. The van der Waals surface area contributed by atoms with E-state index in [2.05, 4.69) is 27.4 Å². The van der Waals surface area contributed by atoms with Crippen LogP contribution in [0.15, 0.2) is 42.5 Å². The fourth-order valence-electron chi connectivity index (χ4n) is 4.17. The molecule has 1 atom stereocenters. The van der Waals surface area contributed by atoms with E-state index in [0.717, 1.165) is 61.3 Å². The predicted molar refractivity (Wildman–Crippen MR) is 127 cm³/mol. The summed E-state index contributed by atoms with van der Waals surface area (Å²) >= 11 is 0. The van der Waals surface area contributed by atoms with Gasteiger partial charge >= 0.3 is 6.18 Å². The van der Waals surface area contributed by atoms with Crippen LogP contribution in [-0.2, 0) is 6.18 Å². The predicted octanol–water partition coefficient (Wildman–Crippen LogP) is 5.33. The summed E-state index contributed by atoms with van der Waals surface area (Å²) < 4.78 is 39.6. The number of para-hydroxylation sites is 1. The molecule has 0 spiro atoms. The number of nitrogens with one attached hydrogen (secondary N) is 2. The summed E-state index contributed by atoms with van der Waals surface area (Å²) in [5.74, 6) is 1.02. The molecule has 0 amide bonds. The van der Waals surface area contributed by atoms with E-state index < -0.39 is 11.7 Å². The van der Waals surface area contributed by atoms with Crippen molar-refractivity contribution in [2.24, 2.45) is 0 Å². The summed E-state index contributed by atoms with van der Waals surface area (Å²) in [6, 6.07) is 11.4. The highest BCUT2D eigenvalue weighted by atomic mass is 19.4. The molecule has 0 saturated carbocycles. The van der Waals surface area contributed by atoms with Crippen molar-refractivity contribution in [3.8, 4) is 0 Å². The number of fused-ring (bicyclic) bond motifs is 1. The number of anilines is 4. The molecule has 2 heterocycles. The summed E-state index contributed by atoms with van der Waals surface area (Å²) in [4.78, 5) is 11.4. The quantitative estimate of drug-likeness (QED) is 0.313. The van der Waals surface area contributed by atoms with Gasteiger partial charge in [0.2, 0.25) is 5.95 Å². The fourth-order valence-corrected chi connectivity index (χ4v) is 4.17. The zero-order valence-corrected chi connectivity index (χ0v) is 18.6. The van der Waals surface area contributed by atoms with Gasteiger partial charge in [0.1, 0.15) is 5.82 Å². The summed E-state index contributed by atoms with van der Waals surface area (Å²) in [6.45, 7) is 4.86. The fraction of sp³-hybridized carbons (Fsp3) is 0.417. The summed E-state index contributed by atoms with van der Waals surface area (Å²) in [6.07, 6.45) is 0.0959. The first kappa shape index (κ1) is 23.1. The van der Waals surface area contributed by atoms with Gasteiger partial charge < -0.3 is 21.3 Å². The topological polar surface area (TPSA) is 79.1 Å². The number of hydrogen-bond donors (Lipinski definition) is 3. The second-order valence-electron chi connectivity index (χ2n) is 8.45. The molecule has 1 saturated heterocycles. The number of aromatic nitrogens is 2. The van der Waals surface area contributed by atoms with Gasteiger partial charge in [-0.25, -0.2) is 4.98 Å². The molecule has 4 N–H and O–H groups in total. The number of nitrogens with zero attached hydrogens (tertiary/aromatic N) is 3. The highest BCUT2D eigenvalue weighted by Gasteiger charge is 2.31. The number of benzene rings is 2. The van der Waals surface area contributed by atoms with Crippen LogP contribution in [0.2, 0.25) is 0 Å². The van der Waals surface area contributed by atoms with Crippen molar-refractivity contribution < 1.29 is 13.2 Å². The third-order valence-electron chi connectivity index (χ3n) is 5.82. The van der Waals surface area contributed by atoms with Crippen molar-refractivity contribution in [2.45, 2.75) is 44.8 Å². The Hall–Kier alpha value is -3.07. The number of nitrogen functional groups attached to an aromatic ring is 1. The van der Waals surface area contributed by atoms with Crippen molar-refractivity contribution in [3.63, 3.8) is 0 Å². The number of alkyl halides is 3. The lowest BCUT2D eigenvalue weighted by Gasteiger charge is -2.21. The molecule has 1 aliphatic rings. The molecule has 176 valence electrons. The molecule has 6 nitrogen and oxygen atoms in total. The third kappa shape index (κ3) is 5.65. The molecule has 1 aliphatic heterocycles. The number of unbranched alkanes of at least 4 members (excludes halogenated alkanes) is 2. The Kier molecular flexibility index (Phi) is 6.88. The maximum Gasteiger partial charge on any atom is 0.416 e. The maximum atomic E-state index is 13.2. The van der Waals surface area contributed by atoms with Gasteiger partial charge in [-0.2, -0.15) is 18.2 Å². The largest absolute Gasteiger partial charge is 0.416 e. The number of nitrogens with two attached hydrogens (primary N) is 1. The monoisotopic (exact) mass is 458 g/mol. The van der Waals surface area contributed by atoms with Crippen LogP contribution in [0.4, 0.5) is 36.3 Å². The lowest BCUT2D eigenvalue weighted by molar-refractivity contribution is -0.137. The van der Waals surface area contributed by atoms with E-state index in [4.69, 9.17) is 10.7 Å². The Labute approximate surface area is 191 Å². The zero-order valence-electron chi connectivity index (χ0n) is 18.6. The molecule has 0 bridgehead atoms. The van der Waals surface area contributed by atoms with Crippen LogP contribution in [-0.4, -0.2) is 35.6 Å². The van der Waals surface area contributed by atoms with E-state index in [1.807, 2.05) is 24.3 Å². The SMILES string of the molecule is CCCCCNC1CCN(c2nc(Nc3cc(N)cc(C(F)(F)F)c3)nc3ccccc23)C1. The average molecular weight is 459 g/mol. The lowest BCUT2D eigenvalue weighted by atomic mass is 10.1. The first-order valence-corrected chi connectivity index (χ1v) is 11.3. The van der Waals surface area contributed by atoms with Crippen molar-refractivity contribution >= 4 is 34.0 Å². The summed E-state index contributed by atoms with van der Waals surface area (Å²) in [5.41, 5.74) is 5.83. The van der Waals surface area contributed by atoms with Gasteiger partial charge in [-0.1, -0.05) is 31.9 Å². The smallest absolute Gasteiger partial charge is 0.399 e. The van der Waals surface area contributed by atoms with E-state index in [1.165, 1.54) is 18.9 Å². The molecule has 4 rings (SSSR count). The van der Waals surface area contributed by atoms with Crippen LogP contribution in [0.5, 0.6) is 0 Å². The van der Waals surface area contributed by atoms with Gasteiger partial charge in [-0.15, -0.1) is 0 Å². The first-order chi connectivity index (χ1) is 15.8. The van der Waals surface area contributed by atoms with Gasteiger partial charge in [0, 0.05) is 35.9 Å². The van der Waals surface area contributed by atoms with Crippen molar-refractivity contribution in [1.82, 2.24) is 15.3 Å². The standard InChI is InChI=1S/C24H29F3N6/c1-2-3-6-10-29-18-9-11-33(15-18)22-20-7-4-5-8-21(20)31-23(32-22)30-19-13-16(24(25,26)27)12-17(28)14-19/h4-5,7-8,12-14,18,29H,2-3,6,9-11,15,28H2,1H3,(H,30,31,32).